The summed E-state index contributed by atoms with van der Waals surface area (Å²) in [6, 6.07) is 2.47. The molecule has 0 spiro atoms. The van der Waals surface area contributed by atoms with Crippen molar-refractivity contribution < 1.29 is 4.79 Å². The maximum Gasteiger partial charge on any atom is 0.250 e. The van der Waals surface area contributed by atoms with E-state index >= 15 is 0 Å². The molecule has 5 nitrogen and oxygen atoms in total. The lowest BCUT2D eigenvalue weighted by molar-refractivity contribution is -0.118. The fourth-order valence-electron chi connectivity index (χ4n) is 1.38. The highest BCUT2D eigenvalue weighted by molar-refractivity contribution is 5.94. The number of hydrogen-bond donors (Lipinski definition) is 2. The third kappa shape index (κ3) is 4.16. The van der Waals surface area contributed by atoms with Gasteiger partial charge in [0.1, 0.15) is 0 Å². The zero-order valence-electron chi connectivity index (χ0n) is 10.8. The first-order valence-electron chi connectivity index (χ1n) is 5.72. The van der Waals surface area contributed by atoms with Gasteiger partial charge in [-0.3, -0.25) is 9.59 Å². The molecule has 0 aromatic carbocycles. The van der Waals surface area contributed by atoms with Crippen molar-refractivity contribution in [3.05, 3.63) is 28.7 Å². The van der Waals surface area contributed by atoms with Crippen LogP contribution in [0, 0.1) is 5.92 Å². The molecule has 18 heavy (non-hydrogen) atoms. The molecule has 0 radical (unpaired) electrons. The molecule has 0 saturated carbocycles. The standard InChI is InChI=1S/C12H19N3O2.ClH/c1-4-15-7-9(5-6-10(15)16)14-12(17)11(13)8(2)3;/h5-8,11H,4,13H2,1-3H3,(H,14,17);1H/t11-;/m1./s1. The summed E-state index contributed by atoms with van der Waals surface area (Å²) in [5.41, 5.74) is 6.23. The number of hydrogen-bond acceptors (Lipinski definition) is 3. The highest BCUT2D eigenvalue weighted by Crippen LogP contribution is 2.06. The topological polar surface area (TPSA) is 77.1 Å². The summed E-state index contributed by atoms with van der Waals surface area (Å²) in [5, 5.41) is 2.70. The number of halogens is 1. The minimum absolute atomic E-state index is 0. The number of carbonyl (C=O) groups is 1. The zero-order valence-corrected chi connectivity index (χ0v) is 11.7. The van der Waals surface area contributed by atoms with Gasteiger partial charge in [-0.05, 0) is 18.9 Å². The molecule has 0 saturated heterocycles. The molecule has 0 aliphatic carbocycles. The van der Waals surface area contributed by atoms with E-state index in [1.807, 2.05) is 20.8 Å². The van der Waals surface area contributed by atoms with E-state index in [2.05, 4.69) is 5.32 Å². The van der Waals surface area contributed by atoms with Crippen molar-refractivity contribution >= 4 is 24.0 Å². The lowest BCUT2D eigenvalue weighted by atomic mass is 10.1. The first-order valence-corrected chi connectivity index (χ1v) is 5.72. The molecule has 3 N–H and O–H groups in total. The number of nitrogens with zero attached hydrogens (tertiary/aromatic N) is 1. The third-order valence-electron chi connectivity index (χ3n) is 2.61. The molecule has 0 unspecified atom stereocenters. The van der Waals surface area contributed by atoms with E-state index in [1.54, 1.807) is 12.3 Å². The van der Waals surface area contributed by atoms with Gasteiger partial charge >= 0.3 is 0 Å². The normalized spacial score (nSPS) is 11.8. The van der Waals surface area contributed by atoms with Crippen molar-refractivity contribution in [1.82, 2.24) is 4.57 Å². The van der Waals surface area contributed by atoms with Crippen molar-refractivity contribution in [3.63, 3.8) is 0 Å². The number of anilines is 1. The number of carbonyl (C=O) groups excluding carboxylic acids is 1. The Kier molecular flexibility index (Phi) is 6.65. The fourth-order valence-corrected chi connectivity index (χ4v) is 1.38. The van der Waals surface area contributed by atoms with Crippen LogP contribution >= 0.6 is 12.4 Å². The Bertz CT molecular complexity index is 457. The molecular formula is C12H20ClN3O2. The monoisotopic (exact) mass is 273 g/mol. The van der Waals surface area contributed by atoms with Crippen molar-refractivity contribution in [3.8, 4) is 0 Å². The van der Waals surface area contributed by atoms with E-state index in [9.17, 15) is 9.59 Å². The van der Waals surface area contributed by atoms with E-state index in [0.717, 1.165) is 0 Å². The van der Waals surface area contributed by atoms with Gasteiger partial charge in [0.05, 0.1) is 11.7 Å². The largest absolute Gasteiger partial charge is 0.323 e. The van der Waals surface area contributed by atoms with Crippen LogP contribution in [0.15, 0.2) is 23.1 Å². The molecule has 0 aliphatic heterocycles. The van der Waals surface area contributed by atoms with Crippen molar-refractivity contribution in [2.45, 2.75) is 33.4 Å². The Hall–Kier alpha value is -1.33. The van der Waals surface area contributed by atoms with E-state index in [-0.39, 0.29) is 29.8 Å². The molecule has 0 aliphatic rings. The molecular weight excluding hydrogens is 254 g/mol. The maximum atomic E-state index is 11.7. The SMILES string of the molecule is CCn1cc(NC(=O)[C@H](N)C(C)C)ccc1=O.Cl. The number of nitrogens with two attached hydrogens (primary N) is 1. The van der Waals surface area contributed by atoms with Gasteiger partial charge < -0.3 is 15.6 Å². The van der Waals surface area contributed by atoms with Gasteiger partial charge in [-0.25, -0.2) is 0 Å². The van der Waals surface area contributed by atoms with Crippen molar-refractivity contribution in [2.24, 2.45) is 11.7 Å². The number of pyridine rings is 1. The highest BCUT2D eigenvalue weighted by Gasteiger charge is 2.17. The number of rotatable bonds is 4. The van der Waals surface area contributed by atoms with E-state index in [4.69, 9.17) is 5.73 Å². The van der Waals surface area contributed by atoms with E-state index in [0.29, 0.717) is 12.2 Å². The van der Waals surface area contributed by atoms with Crippen LogP contribution in [-0.4, -0.2) is 16.5 Å². The average Bonchev–Trinajstić information content (AvgIpc) is 2.30. The predicted octanol–water partition coefficient (Wildman–Crippen LogP) is 1.21. The second kappa shape index (κ2) is 7.18. The van der Waals surface area contributed by atoms with Crippen LogP contribution in [0.5, 0.6) is 0 Å². The third-order valence-corrected chi connectivity index (χ3v) is 2.61. The Balaban J connectivity index is 0.00000289. The van der Waals surface area contributed by atoms with E-state index in [1.165, 1.54) is 10.6 Å². The summed E-state index contributed by atoms with van der Waals surface area (Å²) < 4.78 is 1.52. The van der Waals surface area contributed by atoms with Gasteiger partial charge in [0, 0.05) is 18.8 Å². The molecule has 6 heteroatoms. The lowest BCUT2D eigenvalue weighted by Gasteiger charge is -2.15. The molecule has 1 atom stereocenters. The first kappa shape index (κ1) is 16.7. The average molecular weight is 274 g/mol. The van der Waals surface area contributed by atoms with Crippen molar-refractivity contribution in [1.29, 1.82) is 0 Å². The second-order valence-electron chi connectivity index (χ2n) is 4.30. The van der Waals surface area contributed by atoms with Gasteiger partial charge in [-0.15, -0.1) is 12.4 Å². The molecule has 0 fully saturated rings. The smallest absolute Gasteiger partial charge is 0.250 e. The zero-order chi connectivity index (χ0) is 13.0. The van der Waals surface area contributed by atoms with Crippen LogP contribution in [0.25, 0.3) is 0 Å². The molecule has 1 heterocycles. The van der Waals surface area contributed by atoms with E-state index < -0.39 is 6.04 Å². The Morgan fingerprint density at radius 3 is 2.56 bits per heavy atom. The molecule has 102 valence electrons. The van der Waals surface area contributed by atoms with Gasteiger partial charge in [-0.1, -0.05) is 13.8 Å². The number of nitrogens with one attached hydrogen (secondary N) is 1. The summed E-state index contributed by atoms with van der Waals surface area (Å²) >= 11 is 0. The minimum atomic E-state index is -0.544. The molecule has 0 bridgehead atoms. The van der Waals surface area contributed by atoms with Crippen LogP contribution in [-0.2, 0) is 11.3 Å². The van der Waals surface area contributed by atoms with Crippen LogP contribution in [0.4, 0.5) is 5.69 Å². The quantitative estimate of drug-likeness (QED) is 0.866. The van der Waals surface area contributed by atoms with Gasteiger partial charge in [-0.2, -0.15) is 0 Å². The Morgan fingerprint density at radius 1 is 1.44 bits per heavy atom. The summed E-state index contributed by atoms with van der Waals surface area (Å²) in [4.78, 5) is 23.1. The maximum absolute atomic E-state index is 11.7. The number of amides is 1. The van der Waals surface area contributed by atoms with Crippen molar-refractivity contribution in [2.75, 3.05) is 5.32 Å². The van der Waals surface area contributed by atoms with Crippen LogP contribution in [0.3, 0.4) is 0 Å². The lowest BCUT2D eigenvalue weighted by Crippen LogP contribution is -2.40. The molecule has 1 amide bonds. The molecule has 1 aromatic heterocycles. The number of aromatic nitrogens is 1. The minimum Gasteiger partial charge on any atom is -0.323 e. The Labute approximate surface area is 113 Å². The molecule has 1 rings (SSSR count). The fraction of sp³-hybridized carbons (Fsp3) is 0.500. The second-order valence-corrected chi connectivity index (χ2v) is 4.30. The molecule has 1 aromatic rings. The first-order chi connectivity index (χ1) is 7.95. The predicted molar refractivity (Wildman–Crippen MR) is 75.1 cm³/mol. The summed E-state index contributed by atoms with van der Waals surface area (Å²) in [7, 11) is 0. The van der Waals surface area contributed by atoms with Gasteiger partial charge in [0.2, 0.25) is 5.91 Å². The van der Waals surface area contributed by atoms with Crippen LogP contribution < -0.4 is 16.6 Å². The Morgan fingerprint density at radius 2 is 2.06 bits per heavy atom. The van der Waals surface area contributed by atoms with Gasteiger partial charge in [0.25, 0.3) is 5.56 Å². The highest BCUT2D eigenvalue weighted by atomic mass is 35.5. The number of aryl methyl sites for hydroxylation is 1. The summed E-state index contributed by atoms with van der Waals surface area (Å²) in [6.07, 6.45) is 1.62. The summed E-state index contributed by atoms with van der Waals surface area (Å²) in [6.45, 7) is 6.21. The summed E-state index contributed by atoms with van der Waals surface area (Å²) in [5.74, 6) is -0.159. The van der Waals surface area contributed by atoms with Crippen LogP contribution in [0.2, 0.25) is 0 Å². The van der Waals surface area contributed by atoms with Crippen LogP contribution in [0.1, 0.15) is 20.8 Å². The van der Waals surface area contributed by atoms with Gasteiger partial charge in [0.15, 0.2) is 0 Å².